The summed E-state index contributed by atoms with van der Waals surface area (Å²) in [5.41, 5.74) is 1.37. The number of hydrogen-bond donors (Lipinski definition) is 2. The second-order valence-electron chi connectivity index (χ2n) is 4.20. The Morgan fingerprint density at radius 1 is 1.25 bits per heavy atom. The molecule has 0 fully saturated rings. The third-order valence-electron chi connectivity index (χ3n) is 2.81. The first kappa shape index (κ1) is 14.4. The van der Waals surface area contributed by atoms with E-state index in [0.29, 0.717) is 11.3 Å². The molecular weight excluding hydrogens is 322 g/mol. The lowest BCUT2D eigenvalue weighted by Gasteiger charge is -2.17. The summed E-state index contributed by atoms with van der Waals surface area (Å²) in [4.78, 5) is 11.5. The van der Waals surface area contributed by atoms with Crippen molar-refractivity contribution < 1.29 is 14.6 Å². The lowest BCUT2D eigenvalue weighted by Crippen LogP contribution is -2.20. The van der Waals surface area contributed by atoms with Gasteiger partial charge in [-0.25, -0.2) is 4.79 Å². The number of ether oxygens (including phenoxy) is 1. The van der Waals surface area contributed by atoms with Crippen LogP contribution in [0.15, 0.2) is 53.0 Å². The summed E-state index contributed by atoms with van der Waals surface area (Å²) in [6.07, 6.45) is 0. The van der Waals surface area contributed by atoms with E-state index in [1.807, 2.05) is 24.3 Å². The van der Waals surface area contributed by atoms with Crippen molar-refractivity contribution in [2.45, 2.75) is 6.04 Å². The van der Waals surface area contributed by atoms with Crippen molar-refractivity contribution in [3.05, 3.63) is 58.6 Å². The lowest BCUT2D eigenvalue weighted by molar-refractivity contribution is -0.138. The molecule has 2 rings (SSSR count). The Morgan fingerprint density at radius 3 is 2.65 bits per heavy atom. The van der Waals surface area contributed by atoms with Gasteiger partial charge in [0.05, 0.1) is 7.11 Å². The molecule has 20 heavy (non-hydrogen) atoms. The van der Waals surface area contributed by atoms with Crippen LogP contribution in [0.1, 0.15) is 11.6 Å². The predicted octanol–water partition coefficient (Wildman–Crippen LogP) is 3.70. The van der Waals surface area contributed by atoms with Gasteiger partial charge in [0, 0.05) is 10.2 Å². The van der Waals surface area contributed by atoms with Crippen LogP contribution in [-0.4, -0.2) is 18.2 Å². The minimum atomic E-state index is -0.946. The van der Waals surface area contributed by atoms with E-state index in [4.69, 9.17) is 4.74 Å². The quantitative estimate of drug-likeness (QED) is 0.874. The normalized spacial score (nSPS) is 11.7. The molecule has 0 saturated carbocycles. The molecule has 0 saturated heterocycles. The van der Waals surface area contributed by atoms with Crippen LogP contribution in [0.3, 0.4) is 0 Å². The molecule has 5 heteroatoms. The van der Waals surface area contributed by atoms with E-state index in [9.17, 15) is 9.90 Å². The topological polar surface area (TPSA) is 58.6 Å². The summed E-state index contributed by atoms with van der Waals surface area (Å²) >= 11 is 3.36. The van der Waals surface area contributed by atoms with E-state index in [1.165, 1.54) is 0 Å². The Kier molecular flexibility index (Phi) is 4.63. The number of anilines is 1. The second kappa shape index (κ2) is 6.43. The molecule has 0 bridgehead atoms. The summed E-state index contributed by atoms with van der Waals surface area (Å²) in [5.74, 6) is -0.317. The fraction of sp³-hybridized carbons (Fsp3) is 0.133. The van der Waals surface area contributed by atoms with Crippen LogP contribution < -0.4 is 10.1 Å². The van der Waals surface area contributed by atoms with Crippen LogP contribution in [0.25, 0.3) is 0 Å². The van der Waals surface area contributed by atoms with Gasteiger partial charge in [0.15, 0.2) is 6.04 Å². The molecule has 0 aliphatic carbocycles. The number of halogens is 1. The largest absolute Gasteiger partial charge is 0.497 e. The zero-order valence-electron chi connectivity index (χ0n) is 10.8. The van der Waals surface area contributed by atoms with Crippen LogP contribution in [0.5, 0.6) is 5.75 Å². The molecule has 2 N–H and O–H groups in total. The summed E-state index contributed by atoms with van der Waals surface area (Å²) in [6, 6.07) is 13.6. The van der Waals surface area contributed by atoms with Gasteiger partial charge in [0.25, 0.3) is 0 Å². The predicted molar refractivity (Wildman–Crippen MR) is 81.1 cm³/mol. The fourth-order valence-corrected chi connectivity index (χ4v) is 2.25. The van der Waals surface area contributed by atoms with Crippen LogP contribution in [0, 0.1) is 0 Å². The molecule has 4 nitrogen and oxygen atoms in total. The number of methoxy groups -OCH3 is 1. The van der Waals surface area contributed by atoms with Crippen molar-refractivity contribution in [1.29, 1.82) is 0 Å². The first-order valence-electron chi connectivity index (χ1n) is 5.99. The molecule has 1 atom stereocenters. The molecule has 0 spiro atoms. The molecule has 2 aromatic rings. The molecule has 0 aromatic heterocycles. The number of hydrogen-bond acceptors (Lipinski definition) is 3. The van der Waals surface area contributed by atoms with E-state index in [0.717, 1.165) is 10.2 Å². The monoisotopic (exact) mass is 335 g/mol. The Bertz CT molecular complexity index is 616. The van der Waals surface area contributed by atoms with Gasteiger partial charge in [-0.15, -0.1) is 0 Å². The highest BCUT2D eigenvalue weighted by Crippen LogP contribution is 2.25. The average Bonchev–Trinajstić information content (AvgIpc) is 2.44. The maximum Gasteiger partial charge on any atom is 0.330 e. The number of carboxylic acid groups (broad SMARTS) is 1. The number of benzene rings is 2. The van der Waals surface area contributed by atoms with Crippen molar-refractivity contribution in [2.75, 3.05) is 12.4 Å². The van der Waals surface area contributed by atoms with E-state index in [1.54, 1.807) is 31.4 Å². The highest BCUT2D eigenvalue weighted by molar-refractivity contribution is 9.10. The van der Waals surface area contributed by atoms with Crippen LogP contribution >= 0.6 is 15.9 Å². The first-order chi connectivity index (χ1) is 9.60. The lowest BCUT2D eigenvalue weighted by atomic mass is 10.1. The van der Waals surface area contributed by atoms with Crippen molar-refractivity contribution in [1.82, 2.24) is 0 Å². The van der Waals surface area contributed by atoms with E-state index in [2.05, 4.69) is 21.2 Å². The maximum atomic E-state index is 11.5. The van der Waals surface area contributed by atoms with Crippen LogP contribution in [0.2, 0.25) is 0 Å². The smallest absolute Gasteiger partial charge is 0.330 e. The highest BCUT2D eigenvalue weighted by atomic mass is 79.9. The Balaban J connectivity index is 2.29. The Morgan fingerprint density at radius 2 is 2.00 bits per heavy atom. The summed E-state index contributed by atoms with van der Waals surface area (Å²) in [7, 11) is 1.55. The third-order valence-corrected chi connectivity index (χ3v) is 3.30. The van der Waals surface area contributed by atoms with E-state index in [-0.39, 0.29) is 0 Å². The molecular formula is C15H14BrNO3. The minimum absolute atomic E-state index is 0.629. The standard InChI is InChI=1S/C15H14BrNO3/c1-20-13-7-2-4-10(8-13)14(15(18)19)17-12-6-3-5-11(16)9-12/h2-9,14,17H,1H3,(H,18,19). The average molecular weight is 336 g/mol. The van der Waals surface area contributed by atoms with Gasteiger partial charge in [-0.1, -0.05) is 34.1 Å². The maximum absolute atomic E-state index is 11.5. The van der Waals surface area contributed by atoms with Crippen molar-refractivity contribution in [3.8, 4) is 5.75 Å². The van der Waals surface area contributed by atoms with Gasteiger partial charge < -0.3 is 15.2 Å². The summed E-state index contributed by atoms with van der Waals surface area (Å²) in [5, 5.41) is 12.4. The number of nitrogens with one attached hydrogen (secondary N) is 1. The van der Waals surface area contributed by atoms with Gasteiger partial charge in [0.1, 0.15) is 5.75 Å². The van der Waals surface area contributed by atoms with Gasteiger partial charge in [-0.05, 0) is 35.9 Å². The third kappa shape index (κ3) is 3.51. The fourth-order valence-electron chi connectivity index (χ4n) is 1.85. The zero-order chi connectivity index (χ0) is 14.5. The van der Waals surface area contributed by atoms with Gasteiger partial charge in [-0.3, -0.25) is 0 Å². The molecule has 104 valence electrons. The number of aliphatic carboxylic acids is 1. The van der Waals surface area contributed by atoms with Crippen molar-refractivity contribution >= 4 is 27.6 Å². The molecule has 0 amide bonds. The van der Waals surface area contributed by atoms with Crippen LogP contribution in [-0.2, 0) is 4.79 Å². The van der Waals surface area contributed by atoms with E-state index >= 15 is 0 Å². The number of carboxylic acids is 1. The number of rotatable bonds is 5. The molecule has 0 aliphatic rings. The zero-order valence-corrected chi connectivity index (χ0v) is 12.4. The Labute approximate surface area is 125 Å². The van der Waals surface area contributed by atoms with Gasteiger partial charge >= 0.3 is 5.97 Å². The van der Waals surface area contributed by atoms with Gasteiger partial charge in [-0.2, -0.15) is 0 Å². The number of carbonyl (C=O) groups is 1. The van der Waals surface area contributed by atoms with E-state index < -0.39 is 12.0 Å². The second-order valence-corrected chi connectivity index (χ2v) is 5.12. The summed E-state index contributed by atoms with van der Waals surface area (Å²) in [6.45, 7) is 0. The molecule has 0 aliphatic heterocycles. The van der Waals surface area contributed by atoms with Crippen molar-refractivity contribution in [2.24, 2.45) is 0 Å². The molecule has 0 radical (unpaired) electrons. The van der Waals surface area contributed by atoms with Crippen LogP contribution in [0.4, 0.5) is 5.69 Å². The molecule has 2 aromatic carbocycles. The summed E-state index contributed by atoms with van der Waals surface area (Å²) < 4.78 is 6.01. The first-order valence-corrected chi connectivity index (χ1v) is 6.78. The highest BCUT2D eigenvalue weighted by Gasteiger charge is 2.20. The van der Waals surface area contributed by atoms with Gasteiger partial charge in [0.2, 0.25) is 0 Å². The SMILES string of the molecule is COc1cccc(C(Nc2cccc(Br)c2)C(=O)O)c1. The Hall–Kier alpha value is -2.01. The molecule has 0 heterocycles. The molecule has 1 unspecified atom stereocenters. The van der Waals surface area contributed by atoms with Crippen molar-refractivity contribution in [3.63, 3.8) is 0 Å². The minimum Gasteiger partial charge on any atom is -0.497 e.